The lowest BCUT2D eigenvalue weighted by Crippen LogP contribution is -2.57. The van der Waals surface area contributed by atoms with Crippen LogP contribution >= 0.6 is 0 Å². The molecule has 0 saturated carbocycles. The minimum atomic E-state index is -3.04. The van der Waals surface area contributed by atoms with Gasteiger partial charge in [-0.1, -0.05) is 6.92 Å². The van der Waals surface area contributed by atoms with Gasteiger partial charge in [0.05, 0.1) is 6.04 Å². The lowest BCUT2D eigenvalue weighted by atomic mass is 9.91. The molecule has 2 aromatic rings. The number of H-pyrrole nitrogens is 1. The smallest absolute Gasteiger partial charge is 0.336 e. The Morgan fingerprint density at radius 3 is 2.92 bits per heavy atom. The molecule has 1 aliphatic heterocycles. The van der Waals surface area contributed by atoms with Crippen molar-refractivity contribution in [3.8, 4) is 11.8 Å². The number of carbonyl (C=O) groups is 1. The van der Waals surface area contributed by atoms with Crippen LogP contribution in [0.3, 0.4) is 0 Å². The van der Waals surface area contributed by atoms with Crippen LogP contribution in [-0.4, -0.2) is 73.0 Å². The van der Waals surface area contributed by atoms with Crippen LogP contribution in [0.4, 0.5) is 5.82 Å². The van der Waals surface area contributed by atoms with E-state index in [9.17, 15) is 20.1 Å². The van der Waals surface area contributed by atoms with E-state index >= 15 is 0 Å². The fraction of sp³-hybridized carbons (Fsp3) is 0.500. The fourth-order valence-corrected chi connectivity index (χ4v) is 3.36. The zero-order valence-electron chi connectivity index (χ0n) is 14.4. The molecule has 10 nitrogen and oxygen atoms in total. The minimum Gasteiger partial charge on any atom is -0.506 e. The number of likely N-dealkylation sites (N-methyl/N-ethyl adjacent to an activating group) is 1. The molecule has 2 unspecified atom stereocenters. The minimum absolute atomic E-state index is 0.0214. The predicted octanol–water partition coefficient (Wildman–Crippen LogP) is -0.459. The molecule has 0 aromatic carbocycles. The molecule has 4 N–H and O–H groups in total. The van der Waals surface area contributed by atoms with Crippen LogP contribution in [0.15, 0.2) is 12.5 Å². The number of hydrogen-bond acceptors (Lipinski definition) is 8. The molecule has 1 saturated heterocycles. The third kappa shape index (κ3) is 2.91. The molecule has 1 aliphatic rings. The van der Waals surface area contributed by atoms with E-state index in [2.05, 4.69) is 15.0 Å². The fourth-order valence-electron chi connectivity index (χ4n) is 3.36. The summed E-state index contributed by atoms with van der Waals surface area (Å²) >= 11 is 0. The normalized spacial score (nSPS) is 20.8. The van der Waals surface area contributed by atoms with Crippen LogP contribution in [-0.2, 0) is 4.79 Å². The summed E-state index contributed by atoms with van der Waals surface area (Å²) in [5, 5.41) is 38.4. The average Bonchev–Trinajstić information content (AvgIpc) is 3.02. The Morgan fingerprint density at radius 1 is 1.50 bits per heavy atom. The summed E-state index contributed by atoms with van der Waals surface area (Å²) in [4.78, 5) is 26.5. The van der Waals surface area contributed by atoms with Gasteiger partial charge in [0.1, 0.15) is 35.0 Å². The van der Waals surface area contributed by atoms with E-state index in [-0.39, 0.29) is 24.3 Å². The first-order chi connectivity index (χ1) is 12.3. The number of likely N-dealkylation sites (tertiary alicyclic amines) is 1. The van der Waals surface area contributed by atoms with Gasteiger partial charge in [0.25, 0.3) is 5.91 Å². The summed E-state index contributed by atoms with van der Waals surface area (Å²) in [6.45, 7) is 2.54. The number of nitriles is 1. The van der Waals surface area contributed by atoms with Gasteiger partial charge < -0.3 is 30.1 Å². The number of rotatable bonds is 3. The highest BCUT2D eigenvalue weighted by Crippen LogP contribution is 2.33. The Balaban J connectivity index is 1.90. The maximum atomic E-state index is 12.2. The van der Waals surface area contributed by atoms with Gasteiger partial charge in [-0.25, -0.2) is 9.97 Å². The van der Waals surface area contributed by atoms with Crippen LogP contribution in [0.2, 0.25) is 0 Å². The Bertz CT molecular complexity index is 873. The van der Waals surface area contributed by atoms with Crippen LogP contribution in [0.5, 0.6) is 5.75 Å². The number of fused-ring (bicyclic) bond motifs is 1. The van der Waals surface area contributed by atoms with Crippen molar-refractivity contribution in [2.75, 3.05) is 25.0 Å². The van der Waals surface area contributed by atoms with Crippen molar-refractivity contribution in [1.82, 2.24) is 19.9 Å². The van der Waals surface area contributed by atoms with Crippen molar-refractivity contribution >= 4 is 22.8 Å². The quantitative estimate of drug-likeness (QED) is 0.424. The number of piperidine rings is 1. The highest BCUT2D eigenvalue weighted by molar-refractivity contribution is 5.93. The number of aromatic nitrogens is 3. The molecule has 138 valence electrons. The second-order valence-electron chi connectivity index (χ2n) is 6.57. The number of aromatic hydroxyl groups is 1. The number of aromatic amines is 1. The van der Waals surface area contributed by atoms with Gasteiger partial charge in [-0.15, -0.1) is 0 Å². The van der Waals surface area contributed by atoms with Gasteiger partial charge in [0, 0.05) is 26.3 Å². The number of aliphatic hydroxyl groups is 2. The molecule has 3 heterocycles. The summed E-state index contributed by atoms with van der Waals surface area (Å²) < 4.78 is 0. The molecule has 1 fully saturated rings. The van der Waals surface area contributed by atoms with Crippen LogP contribution in [0.1, 0.15) is 13.3 Å². The zero-order valence-corrected chi connectivity index (χ0v) is 14.4. The number of nitrogens with zero attached hydrogens (tertiary/aromatic N) is 5. The zero-order chi connectivity index (χ0) is 19.1. The summed E-state index contributed by atoms with van der Waals surface area (Å²) in [5.74, 6) is -3.38. The maximum Gasteiger partial charge on any atom is 0.336 e. The first kappa shape index (κ1) is 17.9. The number of amides is 1. The first-order valence-electron chi connectivity index (χ1n) is 8.15. The Kier molecular flexibility index (Phi) is 4.43. The molecule has 2 aromatic heterocycles. The third-order valence-electron chi connectivity index (χ3n) is 4.92. The second-order valence-corrected chi connectivity index (χ2v) is 6.57. The van der Waals surface area contributed by atoms with Crippen molar-refractivity contribution in [3.05, 3.63) is 12.5 Å². The van der Waals surface area contributed by atoms with Crippen molar-refractivity contribution in [2.24, 2.45) is 5.92 Å². The van der Waals surface area contributed by atoms with Gasteiger partial charge >= 0.3 is 5.79 Å². The summed E-state index contributed by atoms with van der Waals surface area (Å²) in [6, 6.07) is 1.00. The molecule has 0 aliphatic carbocycles. The van der Waals surface area contributed by atoms with Crippen LogP contribution in [0, 0.1) is 17.2 Å². The largest absolute Gasteiger partial charge is 0.506 e. The molecule has 1 amide bonds. The molecular weight excluding hydrogens is 340 g/mol. The maximum absolute atomic E-state index is 12.2. The summed E-state index contributed by atoms with van der Waals surface area (Å²) in [6.07, 6.45) is 3.42. The number of nitrogens with one attached hydrogen (secondary N) is 1. The molecule has 26 heavy (non-hydrogen) atoms. The van der Waals surface area contributed by atoms with E-state index < -0.39 is 11.7 Å². The van der Waals surface area contributed by atoms with Crippen LogP contribution < -0.4 is 4.90 Å². The molecule has 0 radical (unpaired) electrons. The van der Waals surface area contributed by atoms with Crippen molar-refractivity contribution in [3.63, 3.8) is 0 Å². The van der Waals surface area contributed by atoms with E-state index in [1.165, 1.54) is 23.5 Å². The monoisotopic (exact) mass is 360 g/mol. The molecule has 3 rings (SSSR count). The molecule has 2 atom stereocenters. The SMILES string of the molecule is CC1CCN(C(=O)C(O)(O)C#N)CC1N(C)c1ncnc2[nH]cc(O)c12. The summed E-state index contributed by atoms with van der Waals surface area (Å²) in [7, 11) is 1.79. The Morgan fingerprint density at radius 2 is 2.23 bits per heavy atom. The van der Waals surface area contributed by atoms with Crippen molar-refractivity contribution < 1.29 is 20.1 Å². The highest BCUT2D eigenvalue weighted by atomic mass is 16.5. The van der Waals surface area contributed by atoms with Gasteiger partial charge in [-0.2, -0.15) is 5.26 Å². The number of anilines is 1. The predicted molar refractivity (Wildman–Crippen MR) is 90.9 cm³/mol. The lowest BCUT2D eigenvalue weighted by molar-refractivity contribution is -0.178. The topological polar surface area (TPSA) is 150 Å². The molecule has 0 bridgehead atoms. The molecule has 10 heteroatoms. The Labute approximate surface area is 149 Å². The van der Waals surface area contributed by atoms with Crippen molar-refractivity contribution in [2.45, 2.75) is 25.2 Å². The molecular formula is C16H20N6O4. The van der Waals surface area contributed by atoms with Gasteiger partial charge in [0.15, 0.2) is 0 Å². The standard InChI is InChI=1S/C16H20N6O4/c1-9-3-4-22(15(24)16(25,26)7-17)6-10(9)21(2)14-12-11(23)5-18-13(12)19-8-20-14/h5,8-10,23,25-26H,3-4,6H2,1-2H3,(H,18,19,20). The van der Waals surface area contributed by atoms with E-state index in [1.54, 1.807) is 7.05 Å². The highest BCUT2D eigenvalue weighted by Gasteiger charge is 2.41. The van der Waals surface area contributed by atoms with E-state index in [0.717, 1.165) is 0 Å². The second kappa shape index (κ2) is 6.44. The third-order valence-corrected chi connectivity index (χ3v) is 4.92. The van der Waals surface area contributed by atoms with Gasteiger partial charge in [0.2, 0.25) is 0 Å². The first-order valence-corrected chi connectivity index (χ1v) is 8.15. The van der Waals surface area contributed by atoms with Crippen LogP contribution in [0.25, 0.3) is 11.0 Å². The van der Waals surface area contributed by atoms with Gasteiger partial charge in [-0.3, -0.25) is 4.79 Å². The van der Waals surface area contributed by atoms with E-state index in [0.29, 0.717) is 29.8 Å². The number of carbonyl (C=O) groups excluding carboxylic acids is 1. The van der Waals surface area contributed by atoms with Crippen molar-refractivity contribution in [1.29, 1.82) is 5.26 Å². The average molecular weight is 360 g/mol. The lowest BCUT2D eigenvalue weighted by Gasteiger charge is -2.42. The summed E-state index contributed by atoms with van der Waals surface area (Å²) in [5.41, 5.74) is 0.491. The Hall–Kier alpha value is -2.90. The molecule has 0 spiro atoms. The number of hydrogen-bond donors (Lipinski definition) is 4. The van der Waals surface area contributed by atoms with E-state index in [4.69, 9.17) is 5.26 Å². The van der Waals surface area contributed by atoms with E-state index in [1.807, 2.05) is 11.8 Å². The van der Waals surface area contributed by atoms with Gasteiger partial charge in [-0.05, 0) is 12.3 Å².